The first-order chi connectivity index (χ1) is 8.49. The minimum Gasteiger partial charge on any atom is -0.507 e. The van der Waals surface area contributed by atoms with Crippen LogP contribution in [0.25, 0.3) is 0 Å². The van der Waals surface area contributed by atoms with Gasteiger partial charge in [0.05, 0.1) is 5.56 Å². The monoisotopic (exact) mass is 361 g/mol. The molecule has 0 heterocycles. The Hall–Kier alpha value is -0.780. The lowest BCUT2D eigenvalue weighted by atomic mass is 10.1. The van der Waals surface area contributed by atoms with Crippen molar-refractivity contribution in [2.75, 3.05) is 13.1 Å². The largest absolute Gasteiger partial charge is 0.507 e. The number of nitrogens with zero attached hydrogens (tertiary/aromatic N) is 1. The molecule has 100 valence electrons. The molecule has 0 spiro atoms. The Kier molecular flexibility index (Phi) is 5.91. The van der Waals surface area contributed by atoms with Gasteiger partial charge in [0.15, 0.2) is 0 Å². The first-order valence-electron chi connectivity index (χ1n) is 6.27. The van der Waals surface area contributed by atoms with Gasteiger partial charge in [-0.15, -0.1) is 0 Å². The third-order valence-electron chi connectivity index (χ3n) is 3.09. The number of phenols is 1. The average molecular weight is 361 g/mol. The Bertz CT molecular complexity index is 420. The second-order valence-electron chi connectivity index (χ2n) is 4.52. The minimum atomic E-state index is -0.0891. The van der Waals surface area contributed by atoms with Crippen molar-refractivity contribution < 1.29 is 9.90 Å². The van der Waals surface area contributed by atoms with Gasteiger partial charge in [0.2, 0.25) is 0 Å². The van der Waals surface area contributed by atoms with Gasteiger partial charge in [-0.05, 0) is 53.6 Å². The predicted molar refractivity (Wildman–Crippen MR) is 81.9 cm³/mol. The summed E-state index contributed by atoms with van der Waals surface area (Å²) in [6, 6.07) is 5.10. The lowest BCUT2D eigenvalue weighted by Crippen LogP contribution is -2.34. The molecule has 0 aliphatic carbocycles. The third kappa shape index (κ3) is 3.86. The van der Waals surface area contributed by atoms with Crippen LogP contribution in [0.3, 0.4) is 0 Å². The van der Waals surface area contributed by atoms with E-state index in [2.05, 4.69) is 36.4 Å². The Morgan fingerprint density at radius 2 is 2.11 bits per heavy atom. The van der Waals surface area contributed by atoms with Gasteiger partial charge in [0, 0.05) is 16.7 Å². The molecule has 1 unspecified atom stereocenters. The van der Waals surface area contributed by atoms with Crippen LogP contribution in [0.5, 0.6) is 5.75 Å². The maximum atomic E-state index is 12.4. The number of hydrogen-bond acceptors (Lipinski definition) is 2. The van der Waals surface area contributed by atoms with Gasteiger partial charge in [0.25, 0.3) is 5.91 Å². The standard InChI is InChI=1S/C14H20INO2/c1-4-10(3)9-16(5-2)14(18)12-8-11(15)6-7-13(12)17/h6-8,10,17H,4-5,9H2,1-3H3. The van der Waals surface area contributed by atoms with E-state index >= 15 is 0 Å². The van der Waals surface area contributed by atoms with E-state index < -0.39 is 0 Å². The molecule has 0 fully saturated rings. The summed E-state index contributed by atoms with van der Waals surface area (Å²) in [6.45, 7) is 7.60. The summed E-state index contributed by atoms with van der Waals surface area (Å²) in [5, 5.41) is 9.79. The van der Waals surface area contributed by atoms with E-state index in [-0.39, 0.29) is 11.7 Å². The number of carbonyl (C=O) groups is 1. The number of benzene rings is 1. The van der Waals surface area contributed by atoms with E-state index in [0.29, 0.717) is 18.0 Å². The van der Waals surface area contributed by atoms with Crippen molar-refractivity contribution in [2.45, 2.75) is 27.2 Å². The van der Waals surface area contributed by atoms with E-state index in [9.17, 15) is 9.90 Å². The van der Waals surface area contributed by atoms with E-state index in [4.69, 9.17) is 0 Å². The Morgan fingerprint density at radius 1 is 1.44 bits per heavy atom. The number of amides is 1. The minimum absolute atomic E-state index is 0.0583. The van der Waals surface area contributed by atoms with E-state index in [1.165, 1.54) is 0 Å². The smallest absolute Gasteiger partial charge is 0.257 e. The van der Waals surface area contributed by atoms with Crippen LogP contribution in [0.4, 0.5) is 0 Å². The lowest BCUT2D eigenvalue weighted by molar-refractivity contribution is 0.0737. The summed E-state index contributed by atoms with van der Waals surface area (Å²) in [7, 11) is 0. The fourth-order valence-corrected chi connectivity index (χ4v) is 2.20. The predicted octanol–water partition coefficient (Wildman–Crippen LogP) is 3.51. The van der Waals surface area contributed by atoms with Crippen molar-refractivity contribution in [2.24, 2.45) is 5.92 Å². The van der Waals surface area contributed by atoms with Crippen molar-refractivity contribution in [3.8, 4) is 5.75 Å². The number of hydrogen-bond donors (Lipinski definition) is 1. The first-order valence-corrected chi connectivity index (χ1v) is 7.35. The molecular weight excluding hydrogens is 341 g/mol. The molecule has 0 aromatic heterocycles. The summed E-state index contributed by atoms with van der Waals surface area (Å²) in [5.41, 5.74) is 0.395. The van der Waals surface area contributed by atoms with Crippen LogP contribution in [0.2, 0.25) is 0 Å². The molecule has 1 rings (SSSR count). The summed E-state index contributed by atoms with van der Waals surface area (Å²) in [6.07, 6.45) is 1.04. The highest BCUT2D eigenvalue weighted by Gasteiger charge is 2.19. The maximum Gasteiger partial charge on any atom is 0.257 e. The van der Waals surface area contributed by atoms with Crippen LogP contribution in [0, 0.1) is 9.49 Å². The van der Waals surface area contributed by atoms with Crippen molar-refractivity contribution >= 4 is 28.5 Å². The molecule has 0 aliphatic rings. The number of carbonyl (C=O) groups excluding carboxylic acids is 1. The highest BCUT2D eigenvalue weighted by molar-refractivity contribution is 14.1. The molecule has 0 radical (unpaired) electrons. The third-order valence-corrected chi connectivity index (χ3v) is 3.76. The highest BCUT2D eigenvalue weighted by Crippen LogP contribution is 2.22. The lowest BCUT2D eigenvalue weighted by Gasteiger charge is -2.24. The van der Waals surface area contributed by atoms with Gasteiger partial charge < -0.3 is 10.0 Å². The Morgan fingerprint density at radius 3 is 2.67 bits per heavy atom. The van der Waals surface area contributed by atoms with Crippen LogP contribution in [-0.2, 0) is 0 Å². The molecule has 1 amide bonds. The number of phenolic OH excluding ortho intramolecular Hbond substituents is 1. The molecule has 0 saturated carbocycles. The van der Waals surface area contributed by atoms with Crippen molar-refractivity contribution in [1.82, 2.24) is 4.90 Å². The summed E-state index contributed by atoms with van der Waals surface area (Å²) in [4.78, 5) is 14.2. The van der Waals surface area contributed by atoms with Gasteiger partial charge in [-0.2, -0.15) is 0 Å². The zero-order valence-electron chi connectivity index (χ0n) is 11.1. The molecule has 18 heavy (non-hydrogen) atoms. The normalized spacial score (nSPS) is 12.2. The van der Waals surface area contributed by atoms with Crippen molar-refractivity contribution in [1.29, 1.82) is 0 Å². The number of halogens is 1. The summed E-state index contributed by atoms with van der Waals surface area (Å²) in [5.74, 6) is 0.440. The summed E-state index contributed by atoms with van der Waals surface area (Å²) >= 11 is 2.14. The molecule has 1 aromatic carbocycles. The van der Waals surface area contributed by atoms with Gasteiger partial charge in [-0.1, -0.05) is 20.3 Å². The van der Waals surface area contributed by atoms with E-state index in [1.807, 2.05) is 6.92 Å². The quantitative estimate of drug-likeness (QED) is 0.816. The molecule has 1 atom stereocenters. The second kappa shape index (κ2) is 6.97. The molecule has 4 heteroatoms. The van der Waals surface area contributed by atoms with Crippen LogP contribution in [0.1, 0.15) is 37.6 Å². The molecule has 1 aromatic rings. The number of aromatic hydroxyl groups is 1. The fourth-order valence-electron chi connectivity index (χ4n) is 1.71. The topological polar surface area (TPSA) is 40.5 Å². The van der Waals surface area contributed by atoms with Crippen LogP contribution >= 0.6 is 22.6 Å². The maximum absolute atomic E-state index is 12.4. The fraction of sp³-hybridized carbons (Fsp3) is 0.500. The highest BCUT2D eigenvalue weighted by atomic mass is 127. The van der Waals surface area contributed by atoms with Gasteiger partial charge >= 0.3 is 0 Å². The van der Waals surface area contributed by atoms with Crippen molar-refractivity contribution in [3.05, 3.63) is 27.3 Å². The first kappa shape index (κ1) is 15.3. The number of rotatable bonds is 5. The SMILES string of the molecule is CCC(C)CN(CC)C(=O)c1cc(I)ccc1O. The Labute approximate surface area is 122 Å². The second-order valence-corrected chi connectivity index (χ2v) is 5.76. The zero-order valence-corrected chi connectivity index (χ0v) is 13.3. The zero-order chi connectivity index (χ0) is 13.7. The van der Waals surface area contributed by atoms with Gasteiger partial charge in [0.1, 0.15) is 5.75 Å². The van der Waals surface area contributed by atoms with Crippen molar-refractivity contribution in [3.63, 3.8) is 0 Å². The van der Waals surface area contributed by atoms with Gasteiger partial charge in [-0.25, -0.2) is 0 Å². The molecule has 3 nitrogen and oxygen atoms in total. The summed E-state index contributed by atoms with van der Waals surface area (Å²) < 4.78 is 0.952. The molecule has 0 bridgehead atoms. The van der Waals surface area contributed by atoms with E-state index in [1.54, 1.807) is 23.1 Å². The molecule has 1 N–H and O–H groups in total. The Balaban J connectivity index is 2.92. The van der Waals surface area contributed by atoms with Crippen LogP contribution in [-0.4, -0.2) is 29.0 Å². The van der Waals surface area contributed by atoms with Crippen LogP contribution in [0.15, 0.2) is 18.2 Å². The average Bonchev–Trinajstić information content (AvgIpc) is 2.37. The van der Waals surface area contributed by atoms with E-state index in [0.717, 1.165) is 16.5 Å². The van der Waals surface area contributed by atoms with Crippen LogP contribution < -0.4 is 0 Å². The molecular formula is C14H20INO2. The molecule has 0 saturated heterocycles. The molecule has 0 aliphatic heterocycles. The van der Waals surface area contributed by atoms with Gasteiger partial charge in [-0.3, -0.25) is 4.79 Å².